The Labute approximate surface area is 169 Å². The van der Waals surface area contributed by atoms with Gasteiger partial charge in [-0.25, -0.2) is 4.68 Å². The predicted octanol–water partition coefficient (Wildman–Crippen LogP) is 3.90. The Morgan fingerprint density at radius 1 is 1.22 bits per heavy atom. The second kappa shape index (κ2) is 7.80. The van der Waals surface area contributed by atoms with Crippen molar-refractivity contribution in [1.29, 1.82) is 0 Å². The third-order valence-corrected chi connectivity index (χ3v) is 5.20. The van der Waals surface area contributed by atoms with Gasteiger partial charge < -0.3 is 10.1 Å². The highest BCUT2D eigenvalue weighted by atomic mass is 79.9. The molecular weight excluding hydrogens is 432 g/mol. The van der Waals surface area contributed by atoms with E-state index in [0.29, 0.717) is 29.5 Å². The number of fused-ring (bicyclic) bond motifs is 1. The van der Waals surface area contributed by atoms with Gasteiger partial charge in [-0.15, -0.1) is 5.10 Å². The molecule has 4 rings (SSSR count). The Morgan fingerprint density at radius 2 is 1.96 bits per heavy atom. The largest absolute Gasteiger partial charge is 0.365 e. The van der Waals surface area contributed by atoms with E-state index in [4.69, 9.17) is 16.3 Å². The highest BCUT2D eigenvalue weighted by Crippen LogP contribution is 2.27. The number of nitrogens with one attached hydrogen (secondary N) is 1. The number of hydrogen-bond donors (Lipinski definition) is 1. The molecule has 1 aliphatic rings. The highest BCUT2D eigenvalue weighted by molar-refractivity contribution is 9.10. The average Bonchev–Trinajstić information content (AvgIpc) is 3.11. The van der Waals surface area contributed by atoms with Crippen LogP contribution in [0.1, 0.15) is 33.4 Å². The molecule has 8 heteroatoms. The van der Waals surface area contributed by atoms with E-state index >= 15 is 0 Å². The molecule has 1 unspecified atom stereocenters. The standard InChI is InChI=1S/C19H16BrClN4O2/c20-14-5-1-12(2-6-14)9-22-19(26)18-16-11-27-17(10-25(16)24-23-18)13-3-7-15(21)8-4-13/h1-8,17H,9-11H2,(H,22,26). The van der Waals surface area contributed by atoms with E-state index in [0.717, 1.165) is 15.6 Å². The number of aromatic nitrogens is 3. The lowest BCUT2D eigenvalue weighted by Gasteiger charge is -2.24. The molecule has 0 bridgehead atoms. The summed E-state index contributed by atoms with van der Waals surface area (Å²) >= 11 is 9.33. The van der Waals surface area contributed by atoms with Crippen molar-refractivity contribution in [2.45, 2.75) is 25.8 Å². The summed E-state index contributed by atoms with van der Waals surface area (Å²) in [6, 6.07) is 15.3. The van der Waals surface area contributed by atoms with E-state index in [-0.39, 0.29) is 18.6 Å². The number of carbonyl (C=O) groups excluding carboxylic acids is 1. The van der Waals surface area contributed by atoms with Gasteiger partial charge in [-0.1, -0.05) is 57.0 Å². The van der Waals surface area contributed by atoms with Gasteiger partial charge in [0.05, 0.1) is 18.8 Å². The normalized spacial score (nSPS) is 16.0. The molecule has 1 N–H and O–H groups in total. The number of amides is 1. The molecule has 138 valence electrons. The van der Waals surface area contributed by atoms with Gasteiger partial charge in [-0.3, -0.25) is 4.79 Å². The maximum atomic E-state index is 12.5. The van der Waals surface area contributed by atoms with Crippen LogP contribution in [0.2, 0.25) is 5.02 Å². The summed E-state index contributed by atoms with van der Waals surface area (Å²) in [6.45, 7) is 1.21. The van der Waals surface area contributed by atoms with Gasteiger partial charge in [-0.2, -0.15) is 0 Å². The SMILES string of the molecule is O=C(NCc1ccc(Br)cc1)c1nnn2c1COC(c1ccc(Cl)cc1)C2. The van der Waals surface area contributed by atoms with Crippen molar-refractivity contribution in [3.8, 4) is 0 Å². The maximum Gasteiger partial charge on any atom is 0.274 e. The van der Waals surface area contributed by atoms with Crippen LogP contribution >= 0.6 is 27.5 Å². The predicted molar refractivity (Wildman–Crippen MR) is 104 cm³/mol. The molecule has 1 amide bonds. The Kier molecular flexibility index (Phi) is 5.24. The molecule has 0 fully saturated rings. The Balaban J connectivity index is 1.43. The lowest BCUT2D eigenvalue weighted by Crippen LogP contribution is -2.27. The molecule has 27 heavy (non-hydrogen) atoms. The van der Waals surface area contributed by atoms with Crippen LogP contribution in [0.25, 0.3) is 0 Å². The van der Waals surface area contributed by atoms with Crippen LogP contribution in [-0.4, -0.2) is 20.9 Å². The average molecular weight is 448 g/mol. The quantitative estimate of drug-likeness (QED) is 0.659. The van der Waals surface area contributed by atoms with Crippen LogP contribution in [0, 0.1) is 0 Å². The zero-order valence-electron chi connectivity index (χ0n) is 14.2. The molecule has 0 saturated heterocycles. The first kappa shape index (κ1) is 18.2. The lowest BCUT2D eigenvalue weighted by atomic mass is 10.1. The van der Waals surface area contributed by atoms with Crippen LogP contribution in [0.5, 0.6) is 0 Å². The molecular formula is C19H16BrClN4O2. The van der Waals surface area contributed by atoms with Gasteiger partial charge in [-0.05, 0) is 35.4 Å². The topological polar surface area (TPSA) is 69.0 Å². The van der Waals surface area contributed by atoms with Crippen molar-refractivity contribution < 1.29 is 9.53 Å². The first-order chi connectivity index (χ1) is 13.1. The van der Waals surface area contributed by atoms with Crippen molar-refractivity contribution in [2.24, 2.45) is 0 Å². The fourth-order valence-electron chi connectivity index (χ4n) is 2.94. The second-order valence-electron chi connectivity index (χ2n) is 6.23. The van der Waals surface area contributed by atoms with Crippen LogP contribution in [-0.2, 0) is 24.4 Å². The Hall–Kier alpha value is -2.22. The highest BCUT2D eigenvalue weighted by Gasteiger charge is 2.27. The number of ether oxygens (including phenoxy) is 1. The van der Waals surface area contributed by atoms with Crippen molar-refractivity contribution in [3.63, 3.8) is 0 Å². The summed E-state index contributed by atoms with van der Waals surface area (Å²) in [4.78, 5) is 12.5. The van der Waals surface area contributed by atoms with Crippen molar-refractivity contribution >= 4 is 33.4 Å². The molecule has 1 aliphatic heterocycles. The Morgan fingerprint density at radius 3 is 2.70 bits per heavy atom. The molecule has 0 saturated carbocycles. The monoisotopic (exact) mass is 446 g/mol. The van der Waals surface area contributed by atoms with Crippen molar-refractivity contribution in [3.05, 3.63) is 80.5 Å². The minimum Gasteiger partial charge on any atom is -0.365 e. The summed E-state index contributed by atoms with van der Waals surface area (Å²) in [5, 5.41) is 11.8. The molecule has 2 aromatic carbocycles. The minimum absolute atomic E-state index is 0.143. The van der Waals surface area contributed by atoms with Gasteiger partial charge in [0.15, 0.2) is 5.69 Å². The molecule has 0 aliphatic carbocycles. The van der Waals surface area contributed by atoms with Crippen LogP contribution in [0.15, 0.2) is 53.0 Å². The van der Waals surface area contributed by atoms with Crippen LogP contribution in [0.3, 0.4) is 0 Å². The number of benzene rings is 2. The number of hydrogen-bond acceptors (Lipinski definition) is 4. The third kappa shape index (κ3) is 4.05. The van der Waals surface area contributed by atoms with E-state index < -0.39 is 0 Å². The third-order valence-electron chi connectivity index (χ3n) is 4.42. The van der Waals surface area contributed by atoms with Crippen LogP contribution in [0.4, 0.5) is 0 Å². The molecule has 0 radical (unpaired) electrons. The number of carbonyl (C=O) groups is 1. The van der Waals surface area contributed by atoms with Gasteiger partial charge >= 0.3 is 0 Å². The molecule has 0 spiro atoms. The van der Waals surface area contributed by atoms with E-state index in [9.17, 15) is 4.79 Å². The molecule has 1 atom stereocenters. The van der Waals surface area contributed by atoms with Crippen molar-refractivity contribution in [1.82, 2.24) is 20.3 Å². The van der Waals surface area contributed by atoms with Gasteiger partial charge in [0.2, 0.25) is 0 Å². The zero-order valence-corrected chi connectivity index (χ0v) is 16.6. The first-order valence-corrected chi connectivity index (χ1v) is 9.59. The maximum absolute atomic E-state index is 12.5. The molecule has 1 aromatic heterocycles. The van der Waals surface area contributed by atoms with Gasteiger partial charge in [0, 0.05) is 16.0 Å². The van der Waals surface area contributed by atoms with E-state index in [1.807, 2.05) is 48.5 Å². The number of rotatable bonds is 4. The fourth-order valence-corrected chi connectivity index (χ4v) is 3.33. The first-order valence-electron chi connectivity index (χ1n) is 8.42. The van der Waals surface area contributed by atoms with Crippen LogP contribution < -0.4 is 5.32 Å². The van der Waals surface area contributed by atoms with Crippen molar-refractivity contribution in [2.75, 3.05) is 0 Å². The van der Waals surface area contributed by atoms with E-state index in [1.54, 1.807) is 4.68 Å². The Bertz CT molecular complexity index is 957. The molecule has 2 heterocycles. The smallest absolute Gasteiger partial charge is 0.274 e. The number of halogens is 2. The number of nitrogens with zero attached hydrogens (tertiary/aromatic N) is 3. The summed E-state index contributed by atoms with van der Waals surface area (Å²) < 4.78 is 8.66. The van der Waals surface area contributed by atoms with Gasteiger partial charge in [0.1, 0.15) is 6.10 Å². The fraction of sp³-hybridized carbons (Fsp3) is 0.211. The van der Waals surface area contributed by atoms with Gasteiger partial charge in [0.25, 0.3) is 5.91 Å². The van der Waals surface area contributed by atoms with E-state index in [1.165, 1.54) is 0 Å². The summed E-state index contributed by atoms with van der Waals surface area (Å²) in [5.74, 6) is -0.257. The second-order valence-corrected chi connectivity index (χ2v) is 7.58. The molecule has 6 nitrogen and oxygen atoms in total. The minimum atomic E-state index is -0.257. The summed E-state index contributed by atoms with van der Waals surface area (Å²) in [6.07, 6.45) is -0.143. The summed E-state index contributed by atoms with van der Waals surface area (Å²) in [5.41, 5.74) is 3.02. The van der Waals surface area contributed by atoms with E-state index in [2.05, 4.69) is 31.6 Å². The lowest BCUT2D eigenvalue weighted by molar-refractivity contribution is -0.00176. The summed E-state index contributed by atoms with van der Waals surface area (Å²) in [7, 11) is 0. The zero-order chi connectivity index (χ0) is 18.8. The molecule has 3 aromatic rings.